The number of carbonyl (C=O) groups is 10. The number of carboxylic acid groups (broad SMARTS) is 3. The van der Waals surface area contributed by atoms with E-state index in [4.69, 9.17) is 18.9 Å². The number of tetrazole rings is 1. The van der Waals surface area contributed by atoms with E-state index in [0.29, 0.717) is 32.2 Å². The number of nitrogens with one attached hydrogen (secondary N) is 8. The van der Waals surface area contributed by atoms with Crippen molar-refractivity contribution in [3.05, 3.63) is 5.82 Å². The van der Waals surface area contributed by atoms with Crippen LogP contribution in [0, 0.1) is 0 Å². The van der Waals surface area contributed by atoms with Gasteiger partial charge in [-0.1, -0.05) is 77.6 Å². The van der Waals surface area contributed by atoms with E-state index in [-0.39, 0.29) is 97.2 Å². The molecule has 0 saturated heterocycles. The zero-order valence-electron chi connectivity index (χ0n) is 48.0. The van der Waals surface area contributed by atoms with E-state index < -0.39 is 113 Å². The number of aromatic amines is 1. The highest BCUT2D eigenvalue weighted by molar-refractivity contribution is 7.90. The number of hydrogen-bond acceptors (Lipinski definition) is 19. The van der Waals surface area contributed by atoms with Gasteiger partial charge in [0.05, 0.1) is 45.4 Å². The molecule has 0 radical (unpaired) electrons. The maximum Gasteiger partial charge on any atom is 0.326 e. The third-order valence-electron chi connectivity index (χ3n) is 12.4. The molecule has 0 saturated carbocycles. The van der Waals surface area contributed by atoms with Crippen molar-refractivity contribution in [3.8, 4) is 0 Å². The number of rotatable bonds is 55. The second kappa shape index (κ2) is 48.0. The Bertz CT molecular complexity index is 2160. The molecule has 1 rings (SSSR count). The average molecular weight is 1210 g/mol. The van der Waals surface area contributed by atoms with Crippen LogP contribution in [-0.4, -0.2) is 200 Å². The Morgan fingerprint density at radius 3 is 1.39 bits per heavy atom. The summed E-state index contributed by atoms with van der Waals surface area (Å²) in [6.07, 6.45) is 15.2. The van der Waals surface area contributed by atoms with E-state index in [1.807, 2.05) is 0 Å². The molecule has 30 nitrogen and oxygen atoms in total. The van der Waals surface area contributed by atoms with E-state index in [2.05, 4.69) is 57.2 Å². The van der Waals surface area contributed by atoms with Gasteiger partial charge in [0.25, 0.3) is 0 Å². The summed E-state index contributed by atoms with van der Waals surface area (Å²) >= 11 is 0. The standard InChI is InChI=1S/C52H91N11O19S/c1-2-43(64)53-27-17-16-19-39(50(71)72)57-48(69)37-81-34-33-80-31-29-55-45(66)25-23-40(51(73)74)56-46(67)26-24-41(52(75)76)58-49(70)38-82-35-32-79-30-28-54-44(65)22-18-36-83(77,78)61-47(68)21-15-13-11-9-7-5-3-4-6-8-10-12-14-20-42-59-62-63-60-42/h39-41H,2-38H2,1H3,(H,53,64)(H,54,65)(H,55,66)(H,56,67)(H,57,69)(H,58,70)(H,61,68)(H,71,72)(H,73,74)(H,75,76)(H,59,60,62,63)/t39-,40-,41-/m0/s1. The van der Waals surface area contributed by atoms with Gasteiger partial charge in [0.15, 0.2) is 0 Å². The number of carbonyl (C=O) groups excluding carboxylic acids is 7. The molecule has 0 aliphatic heterocycles. The van der Waals surface area contributed by atoms with Crippen LogP contribution in [0.3, 0.4) is 0 Å². The number of hydrogen-bond donors (Lipinski definition) is 11. The van der Waals surface area contributed by atoms with Crippen molar-refractivity contribution in [1.29, 1.82) is 0 Å². The topological polar surface area (TPSA) is 441 Å². The van der Waals surface area contributed by atoms with Crippen LogP contribution >= 0.6 is 0 Å². The number of amides is 7. The highest BCUT2D eigenvalue weighted by Gasteiger charge is 2.25. The van der Waals surface area contributed by atoms with Gasteiger partial charge in [-0.3, -0.25) is 38.3 Å². The van der Waals surface area contributed by atoms with Crippen LogP contribution in [0.1, 0.15) is 167 Å². The number of H-pyrrole nitrogens is 1. The van der Waals surface area contributed by atoms with Gasteiger partial charge in [-0.15, -0.1) is 5.10 Å². The van der Waals surface area contributed by atoms with Crippen molar-refractivity contribution in [1.82, 2.24) is 57.2 Å². The molecular weight excluding hydrogens is 1110 g/mol. The molecule has 83 heavy (non-hydrogen) atoms. The van der Waals surface area contributed by atoms with Crippen molar-refractivity contribution in [2.24, 2.45) is 0 Å². The van der Waals surface area contributed by atoms with E-state index in [0.717, 1.165) is 44.3 Å². The molecule has 1 heterocycles. The first-order chi connectivity index (χ1) is 39.8. The molecular formula is C52H91N11O19S. The first-order valence-corrected chi connectivity index (χ1v) is 30.4. The van der Waals surface area contributed by atoms with Gasteiger partial charge >= 0.3 is 17.9 Å². The van der Waals surface area contributed by atoms with Gasteiger partial charge in [0.1, 0.15) is 37.2 Å². The third-order valence-corrected chi connectivity index (χ3v) is 13.8. The Hall–Kier alpha value is -6.44. The normalized spacial score (nSPS) is 12.3. The van der Waals surface area contributed by atoms with Crippen LogP contribution < -0.4 is 36.6 Å². The van der Waals surface area contributed by atoms with Crippen LogP contribution in [0.4, 0.5) is 0 Å². The summed E-state index contributed by atoms with van der Waals surface area (Å²) in [7, 11) is -3.89. The van der Waals surface area contributed by atoms with E-state index >= 15 is 0 Å². The zero-order valence-corrected chi connectivity index (χ0v) is 48.8. The lowest BCUT2D eigenvalue weighted by Crippen LogP contribution is -2.45. The minimum Gasteiger partial charge on any atom is -0.480 e. The minimum absolute atomic E-state index is 0.000451. The Labute approximate surface area is 485 Å². The number of carboxylic acids is 3. The molecule has 1 aromatic heterocycles. The Morgan fingerprint density at radius 1 is 0.458 bits per heavy atom. The molecule has 11 N–H and O–H groups in total. The number of nitrogens with zero attached hydrogens (tertiary/aromatic N) is 3. The van der Waals surface area contributed by atoms with E-state index in [1.54, 1.807) is 6.92 Å². The van der Waals surface area contributed by atoms with Gasteiger partial charge in [0.2, 0.25) is 51.4 Å². The third kappa shape index (κ3) is 43.9. The number of unbranched alkanes of at least 4 members (excludes halogenated alkanes) is 13. The summed E-state index contributed by atoms with van der Waals surface area (Å²) in [6.45, 7) is 1.34. The molecule has 474 valence electrons. The summed E-state index contributed by atoms with van der Waals surface area (Å²) in [5, 5.41) is 57.0. The predicted molar refractivity (Wildman–Crippen MR) is 297 cm³/mol. The van der Waals surface area contributed by atoms with E-state index in [1.165, 1.54) is 44.9 Å². The number of sulfonamides is 1. The smallest absolute Gasteiger partial charge is 0.326 e. The van der Waals surface area contributed by atoms with Crippen molar-refractivity contribution in [2.45, 2.75) is 186 Å². The Balaban J connectivity index is 2.09. The molecule has 1 aromatic rings. The Morgan fingerprint density at radius 2 is 0.892 bits per heavy atom. The SMILES string of the molecule is CCC(=O)NCCCC[C@H](NC(=O)COCCOCCNC(=O)CC[C@H](NC(=O)CC[C@H](NC(=O)COCCOCCNC(=O)CCCS(=O)(=O)NC(=O)CCCCCCCCCCCCCCCc1nnn[nH]1)C(=O)O)C(=O)O)C(=O)O. The summed E-state index contributed by atoms with van der Waals surface area (Å²) in [5.74, 6) is -7.58. The van der Waals surface area contributed by atoms with Gasteiger partial charge in [-0.2, -0.15) is 0 Å². The molecule has 7 amide bonds. The zero-order chi connectivity index (χ0) is 61.4. The largest absolute Gasteiger partial charge is 0.480 e. The second-order valence-electron chi connectivity index (χ2n) is 19.6. The molecule has 0 unspecified atom stereocenters. The maximum absolute atomic E-state index is 12.5. The van der Waals surface area contributed by atoms with Crippen molar-refractivity contribution in [2.75, 3.05) is 78.2 Å². The lowest BCUT2D eigenvalue weighted by atomic mass is 10.0. The number of ether oxygens (including phenoxy) is 4. The van der Waals surface area contributed by atoms with Crippen LogP contribution in [0.15, 0.2) is 0 Å². The summed E-state index contributed by atoms with van der Waals surface area (Å²) in [6, 6.07) is -4.12. The maximum atomic E-state index is 12.5. The molecule has 0 aliphatic carbocycles. The summed E-state index contributed by atoms with van der Waals surface area (Å²) in [4.78, 5) is 120. The van der Waals surface area contributed by atoms with Crippen LogP contribution in [0.5, 0.6) is 0 Å². The van der Waals surface area contributed by atoms with Gasteiger partial charge in [-0.05, 0) is 61.8 Å². The van der Waals surface area contributed by atoms with Crippen LogP contribution in [-0.2, 0) is 83.3 Å². The summed E-state index contributed by atoms with van der Waals surface area (Å²) < 4.78 is 47.8. The van der Waals surface area contributed by atoms with Crippen LogP contribution in [0.2, 0.25) is 0 Å². The minimum atomic E-state index is -3.89. The monoisotopic (exact) mass is 1210 g/mol. The highest BCUT2D eigenvalue weighted by Crippen LogP contribution is 2.14. The second-order valence-corrected chi connectivity index (χ2v) is 21.4. The fourth-order valence-electron chi connectivity index (χ4n) is 7.86. The number of aliphatic carboxylic acids is 3. The highest BCUT2D eigenvalue weighted by atomic mass is 32.2. The molecule has 0 spiro atoms. The van der Waals surface area contributed by atoms with Crippen molar-refractivity contribution < 1.29 is 90.6 Å². The van der Waals surface area contributed by atoms with Crippen molar-refractivity contribution >= 4 is 69.3 Å². The lowest BCUT2D eigenvalue weighted by molar-refractivity contribution is -0.144. The van der Waals surface area contributed by atoms with Gasteiger partial charge in [-0.25, -0.2) is 27.9 Å². The first kappa shape index (κ1) is 74.6. The van der Waals surface area contributed by atoms with Gasteiger partial charge < -0.3 is 66.2 Å². The molecule has 31 heteroatoms. The van der Waals surface area contributed by atoms with Crippen molar-refractivity contribution in [3.63, 3.8) is 0 Å². The summed E-state index contributed by atoms with van der Waals surface area (Å²) in [5.41, 5.74) is 0. The molecule has 0 aromatic carbocycles. The van der Waals surface area contributed by atoms with Crippen LogP contribution in [0.25, 0.3) is 0 Å². The molecule has 3 atom stereocenters. The fourth-order valence-corrected chi connectivity index (χ4v) is 8.94. The van der Waals surface area contributed by atoms with Gasteiger partial charge in [0, 0.05) is 58.2 Å². The molecule has 0 fully saturated rings. The number of aromatic nitrogens is 4. The molecule has 0 bridgehead atoms. The average Bonchev–Trinajstić information content (AvgIpc) is 3.97. The number of aryl methyl sites for hydroxylation is 1. The quantitative estimate of drug-likeness (QED) is 0.0400. The predicted octanol–water partition coefficient (Wildman–Crippen LogP) is 0.694. The van der Waals surface area contributed by atoms with E-state index in [9.17, 15) is 71.7 Å². The first-order valence-electron chi connectivity index (χ1n) is 28.7. The lowest BCUT2D eigenvalue weighted by Gasteiger charge is -2.17. The Kier molecular flexibility index (Phi) is 43.1. The molecule has 0 aliphatic rings. The fraction of sp³-hybridized carbons (Fsp3) is 0.788.